The molecule has 7 nitrogen and oxygen atoms in total. The van der Waals surface area contributed by atoms with E-state index in [1.807, 2.05) is 41.8 Å². The van der Waals surface area contributed by atoms with Gasteiger partial charge in [0.25, 0.3) is 5.91 Å². The lowest BCUT2D eigenvalue weighted by molar-refractivity contribution is -0.118. The average Bonchev–Trinajstić information content (AvgIpc) is 3.24. The Kier molecular flexibility index (Phi) is 9.53. The van der Waals surface area contributed by atoms with Crippen LogP contribution in [0.2, 0.25) is 5.02 Å². The van der Waals surface area contributed by atoms with E-state index in [4.69, 9.17) is 11.6 Å². The van der Waals surface area contributed by atoms with Gasteiger partial charge in [-0.1, -0.05) is 79.7 Å². The number of carbonyl (C=O) groups excluding carboxylic acids is 2. The number of aromatic nitrogens is 3. The Bertz CT molecular complexity index is 1100. The van der Waals surface area contributed by atoms with Crippen LogP contribution in [0.4, 0.5) is 0 Å². The smallest absolute Gasteiger partial charge is 0.253 e. The molecule has 0 aliphatic heterocycles. The number of nitrogens with zero attached hydrogens (tertiary/aromatic N) is 3. The zero-order valence-electron chi connectivity index (χ0n) is 19.6. The molecule has 2 N–H and O–H groups in total. The van der Waals surface area contributed by atoms with Crippen LogP contribution in [0.25, 0.3) is 0 Å². The number of benzene rings is 2. The van der Waals surface area contributed by atoms with Crippen molar-refractivity contribution in [2.75, 3.05) is 5.75 Å². The number of hydrogen-bond donors (Lipinski definition) is 2. The summed E-state index contributed by atoms with van der Waals surface area (Å²) in [6, 6.07) is 16.4. The molecule has 0 saturated carbocycles. The topological polar surface area (TPSA) is 88.9 Å². The molecule has 2 aromatic carbocycles. The summed E-state index contributed by atoms with van der Waals surface area (Å²) in [6.45, 7) is 7.28. The summed E-state index contributed by atoms with van der Waals surface area (Å²) in [5, 5.41) is 15.8. The first-order valence-corrected chi connectivity index (χ1v) is 12.7. The molecule has 3 aromatic rings. The maximum atomic E-state index is 12.9. The SMILES string of the molecule is CCn1c(SCC(=O)NCc2ccccc2)nnc1[C@@H](CC(C)C)NC(=O)c1ccccc1Cl. The molecule has 0 aliphatic rings. The van der Waals surface area contributed by atoms with Crippen molar-refractivity contribution in [1.29, 1.82) is 0 Å². The van der Waals surface area contributed by atoms with Crippen LogP contribution in [0.3, 0.4) is 0 Å². The number of rotatable bonds is 11. The first-order chi connectivity index (χ1) is 16.4. The molecular weight excluding hydrogens is 470 g/mol. The van der Waals surface area contributed by atoms with Crippen LogP contribution in [-0.2, 0) is 17.9 Å². The standard InChI is InChI=1S/C25H30ClN5O2S/c1-4-31-23(21(14-17(2)3)28-24(33)19-12-8-9-13-20(19)26)29-30-25(31)34-16-22(32)27-15-18-10-6-5-7-11-18/h5-13,17,21H,4,14-16H2,1-3H3,(H,27,32)(H,28,33)/t21-/m1/s1. The van der Waals surface area contributed by atoms with Gasteiger partial charge < -0.3 is 15.2 Å². The average molecular weight is 500 g/mol. The van der Waals surface area contributed by atoms with E-state index in [9.17, 15) is 9.59 Å². The van der Waals surface area contributed by atoms with Gasteiger partial charge in [-0.3, -0.25) is 9.59 Å². The molecule has 0 unspecified atom stereocenters. The lowest BCUT2D eigenvalue weighted by Crippen LogP contribution is -2.32. The number of hydrogen-bond acceptors (Lipinski definition) is 5. The predicted molar refractivity (Wildman–Crippen MR) is 136 cm³/mol. The summed E-state index contributed by atoms with van der Waals surface area (Å²) in [7, 11) is 0. The van der Waals surface area contributed by atoms with Crippen molar-refractivity contribution in [3.8, 4) is 0 Å². The van der Waals surface area contributed by atoms with E-state index in [1.165, 1.54) is 11.8 Å². The van der Waals surface area contributed by atoms with Crippen molar-refractivity contribution >= 4 is 35.2 Å². The highest BCUT2D eigenvalue weighted by atomic mass is 35.5. The normalized spacial score (nSPS) is 11.9. The van der Waals surface area contributed by atoms with Crippen LogP contribution in [0, 0.1) is 5.92 Å². The fourth-order valence-electron chi connectivity index (χ4n) is 3.52. The highest BCUT2D eigenvalue weighted by Gasteiger charge is 2.25. The van der Waals surface area contributed by atoms with Crippen LogP contribution in [0.5, 0.6) is 0 Å². The van der Waals surface area contributed by atoms with Gasteiger partial charge in [0, 0.05) is 13.1 Å². The molecule has 0 fully saturated rings. The molecule has 3 rings (SSSR count). The Morgan fingerprint density at radius 1 is 1.06 bits per heavy atom. The Morgan fingerprint density at radius 2 is 1.76 bits per heavy atom. The van der Waals surface area contributed by atoms with Crippen molar-refractivity contribution in [2.45, 2.75) is 51.5 Å². The predicted octanol–water partition coefficient (Wildman–Crippen LogP) is 4.88. The fourth-order valence-corrected chi connectivity index (χ4v) is 4.58. The highest BCUT2D eigenvalue weighted by Crippen LogP contribution is 2.26. The monoisotopic (exact) mass is 499 g/mol. The maximum Gasteiger partial charge on any atom is 0.253 e. The minimum Gasteiger partial charge on any atom is -0.351 e. The van der Waals surface area contributed by atoms with Gasteiger partial charge in [-0.2, -0.15) is 0 Å². The Labute approximate surface area is 209 Å². The van der Waals surface area contributed by atoms with Gasteiger partial charge in [0.05, 0.1) is 22.4 Å². The molecule has 180 valence electrons. The summed E-state index contributed by atoms with van der Waals surface area (Å²) in [5.41, 5.74) is 1.47. The van der Waals surface area contributed by atoms with Crippen LogP contribution in [0.15, 0.2) is 59.8 Å². The van der Waals surface area contributed by atoms with E-state index in [2.05, 4.69) is 34.7 Å². The number of carbonyl (C=O) groups is 2. The Hall–Kier alpha value is -2.84. The molecule has 1 atom stereocenters. The van der Waals surface area contributed by atoms with Gasteiger partial charge in [0.15, 0.2) is 11.0 Å². The molecule has 2 amide bonds. The van der Waals surface area contributed by atoms with Gasteiger partial charge in [-0.15, -0.1) is 10.2 Å². The van der Waals surface area contributed by atoms with Crippen LogP contribution in [0.1, 0.15) is 55.0 Å². The summed E-state index contributed by atoms with van der Waals surface area (Å²) in [4.78, 5) is 25.3. The number of thioether (sulfide) groups is 1. The molecular formula is C25H30ClN5O2S. The van der Waals surface area contributed by atoms with Crippen molar-refractivity contribution in [2.24, 2.45) is 5.92 Å². The van der Waals surface area contributed by atoms with E-state index in [-0.39, 0.29) is 23.6 Å². The summed E-state index contributed by atoms with van der Waals surface area (Å²) in [6.07, 6.45) is 0.691. The third kappa shape index (κ3) is 7.08. The van der Waals surface area contributed by atoms with E-state index in [0.717, 1.165) is 5.56 Å². The van der Waals surface area contributed by atoms with Crippen molar-refractivity contribution in [3.63, 3.8) is 0 Å². The van der Waals surface area contributed by atoms with Crippen molar-refractivity contribution < 1.29 is 9.59 Å². The van der Waals surface area contributed by atoms with E-state index in [0.29, 0.717) is 47.0 Å². The zero-order chi connectivity index (χ0) is 24.5. The maximum absolute atomic E-state index is 12.9. The highest BCUT2D eigenvalue weighted by molar-refractivity contribution is 7.99. The van der Waals surface area contributed by atoms with Gasteiger partial charge >= 0.3 is 0 Å². The van der Waals surface area contributed by atoms with Crippen LogP contribution >= 0.6 is 23.4 Å². The molecule has 1 aromatic heterocycles. The van der Waals surface area contributed by atoms with Gasteiger partial charge in [0.1, 0.15) is 0 Å². The third-order valence-corrected chi connectivity index (χ3v) is 6.47. The summed E-state index contributed by atoms with van der Waals surface area (Å²) in [5.74, 6) is 0.886. The molecule has 0 saturated heterocycles. The minimum atomic E-state index is -0.336. The molecule has 1 heterocycles. The number of nitrogens with one attached hydrogen (secondary N) is 2. The molecule has 0 spiro atoms. The third-order valence-electron chi connectivity index (χ3n) is 5.17. The molecule has 0 bridgehead atoms. The zero-order valence-corrected chi connectivity index (χ0v) is 21.2. The van der Waals surface area contributed by atoms with E-state index in [1.54, 1.807) is 24.3 Å². The van der Waals surface area contributed by atoms with Crippen molar-refractivity contribution in [1.82, 2.24) is 25.4 Å². The fraction of sp³-hybridized carbons (Fsp3) is 0.360. The molecule has 34 heavy (non-hydrogen) atoms. The number of amides is 2. The second-order valence-corrected chi connectivity index (χ2v) is 9.62. The second-order valence-electron chi connectivity index (χ2n) is 8.27. The van der Waals surface area contributed by atoms with Gasteiger partial charge in [-0.05, 0) is 37.0 Å². The summed E-state index contributed by atoms with van der Waals surface area (Å²) >= 11 is 7.55. The molecule has 0 radical (unpaired) electrons. The quantitative estimate of drug-likeness (QED) is 0.367. The van der Waals surface area contributed by atoms with E-state index >= 15 is 0 Å². The van der Waals surface area contributed by atoms with Crippen molar-refractivity contribution in [3.05, 3.63) is 76.6 Å². The van der Waals surface area contributed by atoms with E-state index < -0.39 is 0 Å². The van der Waals surface area contributed by atoms with Gasteiger partial charge in [0.2, 0.25) is 5.91 Å². The first-order valence-electron chi connectivity index (χ1n) is 11.3. The van der Waals surface area contributed by atoms with Crippen LogP contribution in [-0.4, -0.2) is 32.3 Å². The molecule has 0 aliphatic carbocycles. The van der Waals surface area contributed by atoms with Crippen LogP contribution < -0.4 is 10.6 Å². The molecule has 9 heteroatoms. The van der Waals surface area contributed by atoms with Gasteiger partial charge in [-0.25, -0.2) is 0 Å². The lowest BCUT2D eigenvalue weighted by Gasteiger charge is -2.21. The summed E-state index contributed by atoms with van der Waals surface area (Å²) < 4.78 is 1.95. The minimum absolute atomic E-state index is 0.0770. The number of halogens is 1. The first kappa shape index (κ1) is 25.8. The second kappa shape index (κ2) is 12.6. The Morgan fingerprint density at radius 3 is 2.44 bits per heavy atom. The Balaban J connectivity index is 1.69. The largest absolute Gasteiger partial charge is 0.351 e. The lowest BCUT2D eigenvalue weighted by atomic mass is 10.0.